The third-order valence-corrected chi connectivity index (χ3v) is 2.62. The smallest absolute Gasteiger partial charge is 0.402 e. The largest absolute Gasteiger partial charge is 0.633 e. The van der Waals surface area contributed by atoms with Gasteiger partial charge in [-0.2, -0.15) is 0 Å². The first-order chi connectivity index (χ1) is 8.89. The molecule has 116 valence electrons. The van der Waals surface area contributed by atoms with Crippen LogP contribution in [0.3, 0.4) is 0 Å². The van der Waals surface area contributed by atoms with E-state index in [-0.39, 0.29) is 18.6 Å². The van der Waals surface area contributed by atoms with Crippen LogP contribution in [-0.2, 0) is 4.65 Å². The van der Waals surface area contributed by atoms with Crippen LogP contribution in [0.5, 0.6) is 0 Å². The average Bonchev–Trinajstić information content (AvgIpc) is 2.38. The lowest BCUT2D eigenvalue weighted by atomic mass is 9.97. The van der Waals surface area contributed by atoms with E-state index in [1.165, 1.54) is 25.7 Å². The number of unbranched alkanes of at least 4 members (excludes halogenated alkanes) is 5. The van der Waals surface area contributed by atoms with Crippen molar-refractivity contribution in [3.63, 3.8) is 0 Å². The molecule has 0 aromatic rings. The fourth-order valence-electron chi connectivity index (χ4n) is 1.12. The Morgan fingerprint density at radius 2 is 1.37 bits per heavy atom. The van der Waals surface area contributed by atoms with Gasteiger partial charge in [-0.25, -0.2) is 0 Å². The van der Waals surface area contributed by atoms with Crippen molar-refractivity contribution in [3.05, 3.63) is 0 Å². The van der Waals surface area contributed by atoms with Crippen LogP contribution in [-0.4, -0.2) is 47.4 Å². The molecule has 19 heavy (non-hydrogen) atoms. The Balaban J connectivity index is 0. The van der Waals surface area contributed by atoms with E-state index in [1.807, 2.05) is 0 Å². The zero-order valence-electron chi connectivity index (χ0n) is 12.6. The van der Waals surface area contributed by atoms with Crippen LogP contribution in [0, 0.1) is 5.41 Å². The normalized spacial score (nSPS) is 10.9. The maximum Gasteiger partial charge on any atom is 0.633 e. The van der Waals surface area contributed by atoms with Crippen LogP contribution in [0.4, 0.5) is 0 Å². The quantitative estimate of drug-likeness (QED) is 0.357. The fraction of sp³-hybridized carbons (Fsp3) is 1.00. The third-order valence-electron chi connectivity index (χ3n) is 2.62. The van der Waals surface area contributed by atoms with Crippen molar-refractivity contribution in [2.45, 2.75) is 59.3 Å². The van der Waals surface area contributed by atoms with Gasteiger partial charge in [-0.3, -0.25) is 0 Å². The summed E-state index contributed by atoms with van der Waals surface area (Å²) in [6, 6.07) is 0. The maximum atomic E-state index is 8.43. The minimum absolute atomic E-state index is 0.0451. The van der Waals surface area contributed by atoms with Crippen molar-refractivity contribution in [2.24, 2.45) is 5.41 Å². The minimum Gasteiger partial charge on any atom is -0.402 e. The van der Waals surface area contributed by atoms with Gasteiger partial charge in [-0.15, -0.1) is 0 Å². The highest BCUT2D eigenvalue weighted by molar-refractivity contribution is 6.32. The molecule has 0 aromatic heterocycles. The molecule has 0 rings (SSSR count). The lowest BCUT2D eigenvalue weighted by molar-refractivity contribution is 0.0857. The lowest BCUT2D eigenvalue weighted by Crippen LogP contribution is -2.20. The van der Waals surface area contributed by atoms with Crippen molar-refractivity contribution in [1.82, 2.24) is 0 Å². The molecule has 0 unspecified atom stereocenters. The predicted molar refractivity (Wildman–Crippen MR) is 77.5 cm³/mol. The Labute approximate surface area is 117 Å². The highest BCUT2D eigenvalue weighted by Gasteiger charge is 2.13. The SMILES string of the molecule is CC(C)(CO)CO.CCCCCCCCOB(O)O. The first-order valence-corrected chi connectivity index (χ1v) is 7.09. The topological polar surface area (TPSA) is 90.2 Å². The van der Waals surface area contributed by atoms with Gasteiger partial charge < -0.3 is 24.9 Å². The second-order valence-corrected chi connectivity index (χ2v) is 5.45. The Morgan fingerprint density at radius 3 is 1.74 bits per heavy atom. The van der Waals surface area contributed by atoms with E-state index in [0.717, 1.165) is 12.8 Å². The van der Waals surface area contributed by atoms with Gasteiger partial charge in [0.2, 0.25) is 0 Å². The van der Waals surface area contributed by atoms with Gasteiger partial charge in [0.25, 0.3) is 0 Å². The molecule has 0 bridgehead atoms. The molecule has 0 heterocycles. The molecular weight excluding hydrogens is 247 g/mol. The highest BCUT2D eigenvalue weighted by Crippen LogP contribution is 2.10. The second-order valence-electron chi connectivity index (χ2n) is 5.45. The number of hydrogen-bond donors (Lipinski definition) is 4. The van der Waals surface area contributed by atoms with Crippen molar-refractivity contribution in [3.8, 4) is 0 Å². The van der Waals surface area contributed by atoms with Gasteiger partial charge in [0.1, 0.15) is 0 Å². The zero-order valence-corrected chi connectivity index (χ0v) is 12.6. The Morgan fingerprint density at radius 1 is 0.895 bits per heavy atom. The van der Waals surface area contributed by atoms with Gasteiger partial charge in [0.15, 0.2) is 0 Å². The number of aliphatic hydroxyl groups excluding tert-OH is 2. The van der Waals surface area contributed by atoms with Gasteiger partial charge in [0, 0.05) is 12.0 Å². The minimum atomic E-state index is -1.60. The zero-order chi connectivity index (χ0) is 15.1. The molecular formula is C13H31BO5. The molecule has 0 aliphatic heterocycles. The van der Waals surface area contributed by atoms with Gasteiger partial charge in [-0.05, 0) is 6.42 Å². The Bertz CT molecular complexity index is 170. The predicted octanol–water partition coefficient (Wildman–Crippen LogP) is 1.33. The molecule has 0 radical (unpaired) electrons. The number of aliphatic hydroxyl groups is 2. The molecule has 0 amide bonds. The van der Waals surface area contributed by atoms with Crippen LogP contribution < -0.4 is 0 Å². The summed E-state index contributed by atoms with van der Waals surface area (Å²) < 4.78 is 4.56. The lowest BCUT2D eigenvalue weighted by Gasteiger charge is -2.16. The summed E-state index contributed by atoms with van der Waals surface area (Å²) in [5, 5.41) is 33.5. The van der Waals surface area contributed by atoms with Crippen LogP contribution >= 0.6 is 0 Å². The summed E-state index contributed by atoms with van der Waals surface area (Å²) in [5.74, 6) is 0. The molecule has 5 nitrogen and oxygen atoms in total. The molecule has 6 heteroatoms. The molecule has 0 aliphatic rings. The van der Waals surface area contributed by atoms with Gasteiger partial charge in [0.05, 0.1) is 13.2 Å². The summed E-state index contributed by atoms with van der Waals surface area (Å²) in [6.07, 6.45) is 7.08. The summed E-state index contributed by atoms with van der Waals surface area (Å²) in [4.78, 5) is 0. The van der Waals surface area contributed by atoms with E-state index in [4.69, 9.17) is 20.3 Å². The third kappa shape index (κ3) is 20.3. The average molecular weight is 278 g/mol. The molecule has 0 aliphatic carbocycles. The van der Waals surface area contributed by atoms with Crippen LogP contribution in [0.1, 0.15) is 59.3 Å². The number of hydrogen-bond acceptors (Lipinski definition) is 5. The first-order valence-electron chi connectivity index (χ1n) is 7.09. The molecule has 0 fully saturated rings. The van der Waals surface area contributed by atoms with Crippen molar-refractivity contribution in [2.75, 3.05) is 19.8 Å². The Kier molecular flexibility index (Phi) is 15.9. The molecule has 0 spiro atoms. The summed E-state index contributed by atoms with van der Waals surface area (Å²) in [5.41, 5.74) is -0.306. The fourth-order valence-corrected chi connectivity index (χ4v) is 1.12. The summed E-state index contributed by atoms with van der Waals surface area (Å²) in [7, 11) is -1.60. The maximum absolute atomic E-state index is 8.43. The van der Waals surface area contributed by atoms with Crippen LogP contribution in [0.2, 0.25) is 0 Å². The first kappa shape index (κ1) is 21.2. The second kappa shape index (κ2) is 14.3. The monoisotopic (exact) mass is 278 g/mol. The van der Waals surface area contributed by atoms with Crippen molar-refractivity contribution in [1.29, 1.82) is 0 Å². The standard InChI is InChI=1S/C8H19BO3.C5H12O2/c1-2-3-4-5-6-7-8-12-9(10)11;1-5(2,3-6)4-7/h10-11H,2-8H2,1H3;6-7H,3-4H2,1-2H3. The van der Waals surface area contributed by atoms with E-state index in [2.05, 4.69) is 11.6 Å². The van der Waals surface area contributed by atoms with Gasteiger partial charge >= 0.3 is 7.32 Å². The van der Waals surface area contributed by atoms with Gasteiger partial charge in [-0.1, -0.05) is 52.9 Å². The summed E-state index contributed by atoms with van der Waals surface area (Å²) >= 11 is 0. The molecule has 0 aromatic carbocycles. The van der Waals surface area contributed by atoms with Crippen LogP contribution in [0.15, 0.2) is 0 Å². The summed E-state index contributed by atoms with van der Waals surface area (Å²) in [6.45, 7) is 6.32. The molecule has 4 N–H and O–H groups in total. The highest BCUT2D eigenvalue weighted by atomic mass is 16.6. The number of rotatable bonds is 10. The Hall–Kier alpha value is -0.135. The van der Waals surface area contributed by atoms with E-state index in [9.17, 15) is 0 Å². The van der Waals surface area contributed by atoms with Crippen molar-refractivity contribution >= 4 is 7.32 Å². The van der Waals surface area contributed by atoms with E-state index >= 15 is 0 Å². The van der Waals surface area contributed by atoms with Crippen LogP contribution in [0.25, 0.3) is 0 Å². The van der Waals surface area contributed by atoms with E-state index in [1.54, 1.807) is 13.8 Å². The van der Waals surface area contributed by atoms with E-state index in [0.29, 0.717) is 6.61 Å². The van der Waals surface area contributed by atoms with Crippen molar-refractivity contribution < 1.29 is 24.9 Å². The molecule has 0 saturated carbocycles. The van der Waals surface area contributed by atoms with E-state index < -0.39 is 7.32 Å². The molecule has 0 atom stereocenters. The molecule has 0 saturated heterocycles.